The summed E-state index contributed by atoms with van der Waals surface area (Å²) in [6.07, 6.45) is 3.55. The molecule has 1 aromatic rings. The van der Waals surface area contributed by atoms with Gasteiger partial charge in [-0.2, -0.15) is 0 Å². The van der Waals surface area contributed by atoms with Crippen molar-refractivity contribution in [3.05, 3.63) is 29.8 Å². The first-order chi connectivity index (χ1) is 13.4. The number of carbonyl (C=O) groups excluding carboxylic acids is 1. The van der Waals surface area contributed by atoms with Gasteiger partial charge in [0.1, 0.15) is 5.75 Å². The normalized spacial score (nSPS) is 35.4. The van der Waals surface area contributed by atoms with Gasteiger partial charge in [-0.3, -0.25) is 4.79 Å². The average molecular weight is 388 g/mol. The highest BCUT2D eigenvalue weighted by molar-refractivity contribution is 5.76. The Balaban J connectivity index is 1.61. The molecule has 0 unspecified atom stereocenters. The molecule has 28 heavy (non-hydrogen) atoms. The SMILES string of the molecule is CCOc1ccc([C@H]2OCC[C@@]34C[C@@H](C[C@H]23)C(C)(C)[C@@H]4NC(=O)CCO)cc1. The zero-order chi connectivity index (χ0) is 19.9. The number of ether oxygens (including phenoxy) is 2. The molecule has 2 bridgehead atoms. The quantitative estimate of drug-likeness (QED) is 0.784. The minimum atomic E-state index is -0.100. The van der Waals surface area contributed by atoms with Crippen molar-refractivity contribution in [2.45, 2.75) is 58.6 Å². The zero-order valence-corrected chi connectivity index (χ0v) is 17.2. The van der Waals surface area contributed by atoms with Crippen LogP contribution in [-0.2, 0) is 9.53 Å². The third-order valence-electron chi connectivity index (χ3n) is 7.67. The second-order valence-corrected chi connectivity index (χ2v) is 9.32. The van der Waals surface area contributed by atoms with Gasteiger partial charge >= 0.3 is 0 Å². The fourth-order valence-corrected chi connectivity index (χ4v) is 6.37. The fraction of sp³-hybridized carbons (Fsp3) is 0.696. The molecule has 5 atom stereocenters. The Morgan fingerprint density at radius 1 is 1.32 bits per heavy atom. The Morgan fingerprint density at radius 2 is 2.07 bits per heavy atom. The molecule has 2 aliphatic carbocycles. The van der Waals surface area contributed by atoms with E-state index in [4.69, 9.17) is 14.6 Å². The lowest BCUT2D eigenvalue weighted by atomic mass is 9.59. The largest absolute Gasteiger partial charge is 0.494 e. The fourth-order valence-electron chi connectivity index (χ4n) is 6.37. The zero-order valence-electron chi connectivity index (χ0n) is 17.2. The summed E-state index contributed by atoms with van der Waals surface area (Å²) < 4.78 is 11.9. The first-order valence-electron chi connectivity index (χ1n) is 10.7. The van der Waals surface area contributed by atoms with E-state index in [-0.39, 0.29) is 41.9 Å². The van der Waals surface area contributed by atoms with E-state index in [9.17, 15) is 4.79 Å². The van der Waals surface area contributed by atoms with Crippen LogP contribution in [0, 0.1) is 22.7 Å². The number of rotatable bonds is 6. The van der Waals surface area contributed by atoms with Crippen LogP contribution in [0.15, 0.2) is 24.3 Å². The summed E-state index contributed by atoms with van der Waals surface area (Å²) in [6, 6.07) is 8.45. The van der Waals surface area contributed by atoms with Crippen molar-refractivity contribution in [3.63, 3.8) is 0 Å². The second kappa shape index (κ2) is 7.34. The van der Waals surface area contributed by atoms with Gasteiger partial charge in [-0.25, -0.2) is 0 Å². The number of nitrogens with one attached hydrogen (secondary N) is 1. The van der Waals surface area contributed by atoms with E-state index in [1.54, 1.807) is 0 Å². The molecule has 0 aromatic heterocycles. The number of hydrogen-bond acceptors (Lipinski definition) is 4. The summed E-state index contributed by atoms with van der Waals surface area (Å²) in [5.74, 6) is 1.85. The predicted octanol–water partition coefficient (Wildman–Crippen LogP) is 3.47. The number of hydrogen-bond donors (Lipinski definition) is 2. The minimum Gasteiger partial charge on any atom is -0.494 e. The van der Waals surface area contributed by atoms with Crippen molar-refractivity contribution in [2.75, 3.05) is 19.8 Å². The topological polar surface area (TPSA) is 67.8 Å². The van der Waals surface area contributed by atoms with E-state index >= 15 is 0 Å². The molecule has 1 aromatic carbocycles. The summed E-state index contributed by atoms with van der Waals surface area (Å²) >= 11 is 0. The third kappa shape index (κ3) is 3.03. The lowest BCUT2D eigenvalue weighted by Gasteiger charge is -2.53. The van der Waals surface area contributed by atoms with E-state index in [2.05, 4.69) is 31.3 Å². The maximum Gasteiger partial charge on any atom is 0.222 e. The number of aliphatic hydroxyl groups is 1. The molecule has 5 heteroatoms. The first-order valence-corrected chi connectivity index (χ1v) is 10.7. The second-order valence-electron chi connectivity index (χ2n) is 9.32. The standard InChI is InChI=1S/C23H33NO4/c1-4-27-17-7-5-15(6-8-17)20-18-13-16-14-23(18,10-12-28-20)21(22(16,2)3)24-19(26)9-11-25/h5-8,16,18,20-21,25H,4,9-14H2,1-3H3,(H,24,26)/t16-,18-,20-,21+,23-/m1/s1. The highest BCUT2D eigenvalue weighted by Crippen LogP contribution is 2.70. The Bertz CT molecular complexity index is 716. The van der Waals surface area contributed by atoms with Crippen LogP contribution in [-0.4, -0.2) is 36.9 Å². The van der Waals surface area contributed by atoms with Crippen LogP contribution in [0.3, 0.4) is 0 Å². The smallest absolute Gasteiger partial charge is 0.222 e. The molecule has 3 fully saturated rings. The molecule has 2 N–H and O–H groups in total. The summed E-state index contributed by atoms with van der Waals surface area (Å²) in [7, 11) is 0. The van der Waals surface area contributed by atoms with Crippen LogP contribution in [0.5, 0.6) is 5.75 Å². The Hall–Kier alpha value is -1.59. The molecule has 3 aliphatic rings. The molecular weight excluding hydrogens is 354 g/mol. The lowest BCUT2D eigenvalue weighted by Crippen LogP contribution is -2.59. The molecular formula is C23H33NO4. The van der Waals surface area contributed by atoms with Gasteiger partial charge in [0.25, 0.3) is 0 Å². The predicted molar refractivity (Wildman–Crippen MR) is 107 cm³/mol. The maximum absolute atomic E-state index is 12.4. The van der Waals surface area contributed by atoms with Crippen molar-refractivity contribution >= 4 is 5.91 Å². The molecule has 1 aliphatic heterocycles. The van der Waals surface area contributed by atoms with Crippen molar-refractivity contribution in [1.82, 2.24) is 5.32 Å². The molecule has 1 spiro atoms. The van der Waals surface area contributed by atoms with Crippen LogP contribution in [0.25, 0.3) is 0 Å². The van der Waals surface area contributed by atoms with Gasteiger partial charge in [-0.15, -0.1) is 0 Å². The Kier molecular flexibility index (Phi) is 5.17. The van der Waals surface area contributed by atoms with E-state index in [1.807, 2.05) is 19.1 Å². The Morgan fingerprint density at radius 3 is 2.75 bits per heavy atom. The van der Waals surface area contributed by atoms with E-state index in [0.29, 0.717) is 18.4 Å². The number of fused-ring (bicyclic) bond motifs is 1. The van der Waals surface area contributed by atoms with Crippen molar-refractivity contribution in [1.29, 1.82) is 0 Å². The van der Waals surface area contributed by atoms with Gasteiger partial charge in [0, 0.05) is 19.1 Å². The summed E-state index contributed by atoms with van der Waals surface area (Å²) in [5.41, 5.74) is 1.36. The van der Waals surface area contributed by atoms with Crippen molar-refractivity contribution in [2.24, 2.45) is 22.7 Å². The molecule has 2 saturated carbocycles. The lowest BCUT2D eigenvalue weighted by molar-refractivity contribution is -0.137. The molecule has 1 saturated heterocycles. The summed E-state index contributed by atoms with van der Waals surface area (Å²) in [5, 5.41) is 12.5. The first kappa shape index (κ1) is 19.7. The van der Waals surface area contributed by atoms with Gasteiger partial charge in [0.15, 0.2) is 0 Å². The molecule has 1 heterocycles. The van der Waals surface area contributed by atoms with E-state index in [1.165, 1.54) is 5.56 Å². The van der Waals surface area contributed by atoms with E-state index < -0.39 is 0 Å². The summed E-state index contributed by atoms with van der Waals surface area (Å²) in [6.45, 7) is 7.88. The van der Waals surface area contributed by atoms with Crippen LogP contribution in [0.2, 0.25) is 0 Å². The number of aliphatic hydroxyl groups excluding tert-OH is 1. The monoisotopic (exact) mass is 387 g/mol. The highest BCUT2D eigenvalue weighted by atomic mass is 16.5. The van der Waals surface area contributed by atoms with Gasteiger partial charge in [0.2, 0.25) is 5.91 Å². The molecule has 1 amide bonds. The molecule has 4 rings (SSSR count). The van der Waals surface area contributed by atoms with Gasteiger partial charge < -0.3 is 19.9 Å². The molecule has 5 nitrogen and oxygen atoms in total. The number of benzene rings is 1. The third-order valence-corrected chi connectivity index (χ3v) is 7.67. The van der Waals surface area contributed by atoms with Crippen LogP contribution in [0.4, 0.5) is 0 Å². The van der Waals surface area contributed by atoms with Gasteiger partial charge in [0.05, 0.1) is 19.3 Å². The average Bonchev–Trinajstić information content (AvgIpc) is 3.16. The van der Waals surface area contributed by atoms with E-state index in [0.717, 1.165) is 31.6 Å². The summed E-state index contributed by atoms with van der Waals surface area (Å²) in [4.78, 5) is 12.4. The maximum atomic E-state index is 12.4. The molecule has 0 radical (unpaired) electrons. The van der Waals surface area contributed by atoms with Crippen molar-refractivity contribution < 1.29 is 19.4 Å². The molecule has 154 valence electrons. The number of amides is 1. The van der Waals surface area contributed by atoms with Crippen LogP contribution in [0.1, 0.15) is 58.1 Å². The Labute approximate surface area is 167 Å². The highest BCUT2D eigenvalue weighted by Gasteiger charge is 2.68. The van der Waals surface area contributed by atoms with Crippen LogP contribution < -0.4 is 10.1 Å². The van der Waals surface area contributed by atoms with Gasteiger partial charge in [-0.05, 0) is 66.5 Å². The van der Waals surface area contributed by atoms with Crippen molar-refractivity contribution in [3.8, 4) is 5.75 Å². The van der Waals surface area contributed by atoms with Crippen LogP contribution >= 0.6 is 0 Å². The minimum absolute atomic E-state index is 0.0367. The number of carbonyl (C=O) groups is 1. The van der Waals surface area contributed by atoms with Gasteiger partial charge in [-0.1, -0.05) is 26.0 Å².